The quantitative estimate of drug-likeness (QED) is 0.160. The van der Waals surface area contributed by atoms with Crippen molar-refractivity contribution in [2.24, 2.45) is 0 Å². The molecule has 1 unspecified atom stereocenters. The summed E-state index contributed by atoms with van der Waals surface area (Å²) in [5.74, 6) is 0.848. The number of benzene rings is 1. The maximum absolute atomic E-state index is 11.0. The van der Waals surface area contributed by atoms with E-state index >= 15 is 0 Å². The molecule has 0 bridgehead atoms. The molecule has 1 aliphatic heterocycles. The van der Waals surface area contributed by atoms with Gasteiger partial charge in [-0.25, -0.2) is 19.5 Å². The van der Waals surface area contributed by atoms with Crippen molar-refractivity contribution < 1.29 is 33.8 Å². The topological polar surface area (TPSA) is 186 Å². The third-order valence-corrected chi connectivity index (χ3v) is 6.68. The minimum Gasteiger partial charge on any atom is -0.387 e. The smallest absolute Gasteiger partial charge is 0.387 e. The second-order valence-corrected chi connectivity index (χ2v) is 9.77. The highest BCUT2D eigenvalue weighted by molar-refractivity contribution is 7.99. The molecule has 1 aliphatic rings. The summed E-state index contributed by atoms with van der Waals surface area (Å²) in [5.41, 5.74) is 7.80. The van der Waals surface area contributed by atoms with Crippen molar-refractivity contribution in [1.82, 2.24) is 19.5 Å². The number of nitrogens with zero attached hydrogens (tertiary/aromatic N) is 4. The number of aromatic nitrogens is 4. The molecule has 0 saturated carbocycles. The van der Waals surface area contributed by atoms with Gasteiger partial charge in [0.2, 0.25) is 0 Å². The number of aliphatic hydroxyl groups excluding tert-OH is 2. The van der Waals surface area contributed by atoms with Gasteiger partial charge in [-0.05, 0) is 18.4 Å². The molecule has 0 amide bonds. The second-order valence-electron chi connectivity index (χ2n) is 7.47. The normalized spacial score (nSPS) is 23.4. The fourth-order valence-corrected chi connectivity index (χ4v) is 4.87. The zero-order valence-electron chi connectivity index (χ0n) is 17.3. The van der Waals surface area contributed by atoms with E-state index in [1.807, 2.05) is 18.2 Å². The highest BCUT2D eigenvalue weighted by atomic mass is 32.2. The van der Waals surface area contributed by atoms with Gasteiger partial charge in [0.05, 0.1) is 6.61 Å². The molecule has 4 atom stereocenters. The van der Waals surface area contributed by atoms with Gasteiger partial charge in [0.25, 0.3) is 0 Å². The lowest BCUT2D eigenvalue weighted by molar-refractivity contribution is -0.0541. The van der Waals surface area contributed by atoms with Gasteiger partial charge in [-0.3, -0.25) is 9.09 Å². The highest BCUT2D eigenvalue weighted by Crippen LogP contribution is 2.40. The summed E-state index contributed by atoms with van der Waals surface area (Å²) in [6, 6.07) is 10.0. The molecule has 14 heteroatoms. The number of fused-ring (bicyclic) bond motifs is 1. The third-order valence-electron chi connectivity index (χ3n) is 5.16. The number of thioether (sulfide) groups is 1. The number of aryl methyl sites for hydroxylation is 1. The Morgan fingerprint density at radius 3 is 2.67 bits per heavy atom. The SMILES string of the molecule is Nc1ncnc2c1nc(SCCCc1ccccc1)n2C1O[C@H](COP(=O)(O)O)[C@@H](O)[C@H]1O. The van der Waals surface area contributed by atoms with Gasteiger partial charge in [0, 0.05) is 5.75 Å². The number of nitrogen functional groups attached to an aromatic ring is 1. The number of phosphoric acid groups is 1. The lowest BCUT2D eigenvalue weighted by atomic mass is 10.1. The fraction of sp³-hybridized carbons (Fsp3) is 0.421. The van der Waals surface area contributed by atoms with E-state index < -0.39 is 39.0 Å². The number of ether oxygens (including phenoxy) is 1. The lowest BCUT2D eigenvalue weighted by Gasteiger charge is -2.19. The maximum Gasteiger partial charge on any atom is 0.469 e. The van der Waals surface area contributed by atoms with Gasteiger partial charge < -0.3 is 30.5 Å². The number of phosphoric ester groups is 1. The number of hydrogen-bond acceptors (Lipinski definition) is 10. The van der Waals surface area contributed by atoms with Crippen LogP contribution in [0.3, 0.4) is 0 Å². The summed E-state index contributed by atoms with van der Waals surface area (Å²) < 4.78 is 22.7. The average Bonchev–Trinajstić information content (AvgIpc) is 3.28. The van der Waals surface area contributed by atoms with Crippen molar-refractivity contribution in [3.63, 3.8) is 0 Å². The predicted molar refractivity (Wildman–Crippen MR) is 119 cm³/mol. The monoisotopic (exact) mass is 497 g/mol. The van der Waals surface area contributed by atoms with Crippen LogP contribution >= 0.6 is 19.6 Å². The van der Waals surface area contributed by atoms with Crippen LogP contribution < -0.4 is 5.73 Å². The Hall–Kier alpha value is -2.09. The number of hydrogen-bond donors (Lipinski definition) is 5. The summed E-state index contributed by atoms with van der Waals surface area (Å²) >= 11 is 1.41. The van der Waals surface area contributed by atoms with E-state index in [1.165, 1.54) is 28.2 Å². The van der Waals surface area contributed by atoms with E-state index in [2.05, 4.69) is 31.6 Å². The van der Waals surface area contributed by atoms with E-state index in [-0.39, 0.29) is 5.82 Å². The van der Waals surface area contributed by atoms with Crippen LogP contribution in [0.5, 0.6) is 0 Å². The molecule has 3 heterocycles. The predicted octanol–water partition coefficient (Wildman–Crippen LogP) is 0.862. The van der Waals surface area contributed by atoms with Crippen LogP contribution in [0.1, 0.15) is 18.2 Å². The van der Waals surface area contributed by atoms with Gasteiger partial charge in [-0.15, -0.1) is 0 Å². The molecule has 0 spiro atoms. The molecule has 3 aromatic rings. The lowest BCUT2D eigenvalue weighted by Crippen LogP contribution is -2.33. The molecular formula is C19H24N5O7PS. The van der Waals surface area contributed by atoms with E-state index in [1.54, 1.807) is 0 Å². The van der Waals surface area contributed by atoms with Crippen LogP contribution in [0, 0.1) is 0 Å². The van der Waals surface area contributed by atoms with E-state index in [0.29, 0.717) is 22.1 Å². The number of nitrogens with two attached hydrogens (primary N) is 1. The molecule has 1 fully saturated rings. The summed E-state index contributed by atoms with van der Waals surface area (Å²) in [7, 11) is -4.78. The van der Waals surface area contributed by atoms with Crippen molar-refractivity contribution >= 4 is 36.6 Å². The number of rotatable bonds is 9. The Morgan fingerprint density at radius 2 is 1.94 bits per heavy atom. The van der Waals surface area contributed by atoms with Crippen LogP contribution in [0.15, 0.2) is 41.8 Å². The summed E-state index contributed by atoms with van der Waals surface area (Å²) in [5, 5.41) is 21.5. The Labute approximate surface area is 193 Å². The average molecular weight is 497 g/mol. The van der Waals surface area contributed by atoms with Crippen LogP contribution in [0.25, 0.3) is 11.2 Å². The molecule has 4 rings (SSSR count). The second kappa shape index (κ2) is 10.0. The first kappa shape index (κ1) is 24.0. The zero-order valence-corrected chi connectivity index (χ0v) is 19.0. The first-order valence-electron chi connectivity index (χ1n) is 10.1. The molecule has 178 valence electrons. The number of imidazole rings is 1. The molecular weight excluding hydrogens is 473 g/mol. The molecule has 33 heavy (non-hydrogen) atoms. The molecule has 12 nitrogen and oxygen atoms in total. The van der Waals surface area contributed by atoms with Gasteiger partial charge in [-0.2, -0.15) is 0 Å². The Kier molecular flexibility index (Phi) is 7.31. The number of aliphatic hydroxyl groups is 2. The van der Waals surface area contributed by atoms with E-state index in [4.69, 9.17) is 20.3 Å². The molecule has 1 aromatic carbocycles. The van der Waals surface area contributed by atoms with Crippen molar-refractivity contribution in [2.45, 2.75) is 42.5 Å². The van der Waals surface area contributed by atoms with Crippen molar-refractivity contribution in [2.75, 3.05) is 18.1 Å². The first-order valence-corrected chi connectivity index (χ1v) is 12.6. The molecule has 0 radical (unpaired) electrons. The molecule has 1 saturated heterocycles. The Morgan fingerprint density at radius 1 is 1.18 bits per heavy atom. The minimum atomic E-state index is -4.78. The first-order chi connectivity index (χ1) is 15.7. The minimum absolute atomic E-state index is 0.152. The van der Waals surface area contributed by atoms with Gasteiger partial charge >= 0.3 is 7.82 Å². The summed E-state index contributed by atoms with van der Waals surface area (Å²) in [6.45, 7) is -0.609. The Bertz CT molecular complexity index is 1140. The Balaban J connectivity index is 1.55. The maximum atomic E-state index is 11.0. The standard InChI is InChI=1S/C19H24N5O7PS/c20-16-13-17(22-10-21-16)24(18-15(26)14(25)12(31-18)9-30-32(27,28)29)19(23-13)33-8-4-7-11-5-2-1-3-6-11/h1-3,5-6,10,12,14-15,18,25-26H,4,7-9H2,(H2,20,21,22)(H2,27,28,29)/t12-,14-,15-,18?/m1/s1. The van der Waals surface area contributed by atoms with Crippen LogP contribution in [-0.4, -0.2) is 70.2 Å². The van der Waals surface area contributed by atoms with Gasteiger partial charge in [-0.1, -0.05) is 42.1 Å². The fourth-order valence-electron chi connectivity index (χ4n) is 3.57. The largest absolute Gasteiger partial charge is 0.469 e. The zero-order chi connectivity index (χ0) is 23.6. The van der Waals surface area contributed by atoms with Crippen molar-refractivity contribution in [1.29, 1.82) is 0 Å². The van der Waals surface area contributed by atoms with Crippen molar-refractivity contribution in [3.8, 4) is 0 Å². The molecule has 6 N–H and O–H groups in total. The summed E-state index contributed by atoms with van der Waals surface area (Å²) in [4.78, 5) is 30.6. The van der Waals surface area contributed by atoms with Crippen molar-refractivity contribution in [3.05, 3.63) is 42.2 Å². The van der Waals surface area contributed by atoms with E-state index in [0.717, 1.165) is 12.8 Å². The molecule has 0 aliphatic carbocycles. The van der Waals surface area contributed by atoms with Gasteiger partial charge in [0.1, 0.15) is 24.6 Å². The highest BCUT2D eigenvalue weighted by Gasteiger charge is 2.46. The van der Waals surface area contributed by atoms with Crippen LogP contribution in [0.4, 0.5) is 5.82 Å². The van der Waals surface area contributed by atoms with Gasteiger partial charge in [0.15, 0.2) is 28.4 Å². The van der Waals surface area contributed by atoms with E-state index in [9.17, 15) is 14.8 Å². The van der Waals surface area contributed by atoms with Crippen LogP contribution in [-0.2, 0) is 20.2 Å². The summed E-state index contributed by atoms with van der Waals surface area (Å²) in [6.07, 6.45) is -2.19. The number of anilines is 1. The third kappa shape index (κ3) is 5.53. The van der Waals surface area contributed by atoms with Crippen LogP contribution in [0.2, 0.25) is 0 Å². The molecule has 2 aromatic heterocycles.